The van der Waals surface area contributed by atoms with Crippen molar-refractivity contribution in [3.8, 4) is 22.3 Å². The number of aryl methyl sites for hydroxylation is 1. The van der Waals surface area contributed by atoms with E-state index in [1.165, 1.54) is 78.5 Å². The Morgan fingerprint density at radius 1 is 0.700 bits per heavy atom. The average molecular weight is 815 g/mol. The molecule has 0 spiro atoms. The van der Waals surface area contributed by atoms with Gasteiger partial charge in [0, 0.05) is 9.52 Å². The molecule has 0 heterocycles. The van der Waals surface area contributed by atoms with E-state index < -0.39 is 28.9 Å². The van der Waals surface area contributed by atoms with Gasteiger partial charge in [0.15, 0.2) is 0 Å². The number of rotatable bonds is 8. The van der Waals surface area contributed by atoms with Gasteiger partial charge in [-0.1, -0.05) is 151 Å². The van der Waals surface area contributed by atoms with Gasteiger partial charge in [-0.3, -0.25) is 0 Å². The van der Waals surface area contributed by atoms with Crippen LogP contribution in [-0.2, 0) is 27.3 Å². The molecule has 0 bridgehead atoms. The maximum absolute atomic E-state index is 4.93. The third kappa shape index (κ3) is 11.8. The fourth-order valence-corrected chi connectivity index (χ4v) is 7.51. The minimum atomic E-state index is -1.21. The summed E-state index contributed by atoms with van der Waals surface area (Å²) in [7, 11) is 9.74. The third-order valence-electron chi connectivity index (χ3n) is 9.23. The first-order valence-electron chi connectivity index (χ1n) is 18.1. The van der Waals surface area contributed by atoms with E-state index >= 15 is 0 Å². The van der Waals surface area contributed by atoms with Crippen LogP contribution in [0.1, 0.15) is 76.0 Å². The van der Waals surface area contributed by atoms with Crippen molar-refractivity contribution in [2.45, 2.75) is 98.5 Å². The summed E-state index contributed by atoms with van der Waals surface area (Å²) in [5, 5.41) is 7.03. The number of hydrogen-bond donors (Lipinski definition) is 0. The zero-order chi connectivity index (χ0) is 36.8. The van der Waals surface area contributed by atoms with Crippen LogP contribution in [0.15, 0.2) is 109 Å². The van der Waals surface area contributed by atoms with Crippen molar-refractivity contribution in [2.24, 2.45) is 0 Å². The Morgan fingerprint density at radius 3 is 1.64 bits per heavy atom. The molecule has 5 heteroatoms. The number of benzene rings is 4. The van der Waals surface area contributed by atoms with Crippen LogP contribution >= 0.6 is 17.0 Å². The van der Waals surface area contributed by atoms with Crippen molar-refractivity contribution in [2.75, 3.05) is 0 Å². The second-order valence-corrected chi connectivity index (χ2v) is 24.3. The molecule has 262 valence electrons. The molecule has 0 aliphatic rings. The molecule has 6 aromatic rings. The van der Waals surface area contributed by atoms with E-state index in [9.17, 15) is 0 Å². The predicted molar refractivity (Wildman–Crippen MR) is 229 cm³/mol. The molecule has 1 atom stereocenters. The number of halogens is 2. The van der Waals surface area contributed by atoms with Crippen LogP contribution < -0.4 is 5.19 Å². The predicted octanol–water partition coefficient (Wildman–Crippen LogP) is 14.7. The zero-order valence-corrected chi connectivity index (χ0v) is 37.9. The second kappa shape index (κ2) is 20.9. The summed E-state index contributed by atoms with van der Waals surface area (Å²) >= 11 is -0.826. The van der Waals surface area contributed by atoms with Gasteiger partial charge in [-0.25, -0.2) is 0 Å². The van der Waals surface area contributed by atoms with E-state index in [2.05, 4.69) is 177 Å². The molecule has 50 heavy (non-hydrogen) atoms. The molecule has 2 radical (unpaired) electrons. The molecule has 0 N–H and O–H groups in total. The standard InChI is InChI=1S/C23H27.C20H23Si.C2H6Si.2ClH.Zr/c1-5-7-17(4)21-14-20-8-6-9-22(23(20)15-21)19-12-10-18(11-13-19)16(2)3;1-5-15-13-17-7-6-8-19(20(17)14-15)16-9-11-18(12-10-16)21(2,3)4;1-3-2;;;/h6,8-17H,5,7H2,1-4H3;6-14H,5H2,1-4H3;1-2H3;2*1H;/q2*-1;;;;+4/p-2. The summed E-state index contributed by atoms with van der Waals surface area (Å²) in [4.78, 5) is 0. The van der Waals surface area contributed by atoms with Crippen LogP contribution in [-0.4, -0.2) is 17.6 Å². The molecule has 0 amide bonds. The Labute approximate surface area is 326 Å². The molecule has 6 aromatic carbocycles. The van der Waals surface area contributed by atoms with E-state index in [4.69, 9.17) is 17.0 Å². The zero-order valence-electron chi connectivity index (χ0n) is 31.9. The monoisotopic (exact) mass is 812 g/mol. The first-order chi connectivity index (χ1) is 23.9. The fraction of sp³-hybridized carbons (Fsp3) is 0.333. The number of hydrogen-bond acceptors (Lipinski definition) is 0. The Balaban J connectivity index is 0.000000235. The van der Waals surface area contributed by atoms with Gasteiger partial charge in [-0.05, 0) is 41.4 Å². The van der Waals surface area contributed by atoms with Gasteiger partial charge >= 0.3 is 37.9 Å². The Hall–Kier alpha value is -2.00. The quantitative estimate of drug-likeness (QED) is 0.106. The molecule has 0 fully saturated rings. The van der Waals surface area contributed by atoms with Crippen LogP contribution in [0.5, 0.6) is 0 Å². The Morgan fingerprint density at radius 2 is 1.18 bits per heavy atom. The summed E-state index contributed by atoms with van der Waals surface area (Å²) in [6.45, 7) is 22.8. The molecule has 1 unspecified atom stereocenters. The van der Waals surface area contributed by atoms with Crippen molar-refractivity contribution < 1.29 is 20.8 Å². The first-order valence-corrected chi connectivity index (χ1v) is 29.9. The van der Waals surface area contributed by atoms with Gasteiger partial charge in [0.05, 0.1) is 8.07 Å². The van der Waals surface area contributed by atoms with Crippen molar-refractivity contribution in [1.29, 1.82) is 0 Å². The number of fused-ring (bicyclic) bond motifs is 2. The van der Waals surface area contributed by atoms with Crippen LogP contribution in [0.2, 0.25) is 32.7 Å². The summed E-state index contributed by atoms with van der Waals surface area (Å²) in [5.41, 5.74) is 9.67. The van der Waals surface area contributed by atoms with Crippen LogP contribution in [0, 0.1) is 0 Å². The average Bonchev–Trinajstić information content (AvgIpc) is 3.74. The van der Waals surface area contributed by atoms with Crippen LogP contribution in [0.4, 0.5) is 0 Å². The summed E-state index contributed by atoms with van der Waals surface area (Å²) in [5.74, 6) is 1.23. The summed E-state index contributed by atoms with van der Waals surface area (Å²) < 4.78 is 0. The molecular weight excluding hydrogens is 759 g/mol. The molecule has 0 aliphatic heterocycles. The van der Waals surface area contributed by atoms with Gasteiger partial charge in [0.1, 0.15) is 0 Å². The summed E-state index contributed by atoms with van der Waals surface area (Å²) in [6.07, 6.45) is 3.60. The van der Waals surface area contributed by atoms with Crippen LogP contribution in [0.3, 0.4) is 0 Å². The molecule has 0 saturated heterocycles. The Bertz CT molecular complexity index is 1860. The van der Waals surface area contributed by atoms with E-state index in [1.54, 1.807) is 0 Å². The first kappa shape index (κ1) is 42.4. The van der Waals surface area contributed by atoms with Crippen molar-refractivity contribution in [3.63, 3.8) is 0 Å². The van der Waals surface area contributed by atoms with E-state index in [1.807, 2.05) is 0 Å². The Kier molecular flexibility index (Phi) is 17.7. The normalized spacial score (nSPS) is 11.5. The van der Waals surface area contributed by atoms with Crippen molar-refractivity contribution >= 4 is 61.4 Å². The molecule has 6 rings (SSSR count). The van der Waals surface area contributed by atoms with Gasteiger partial charge < -0.3 is 0 Å². The van der Waals surface area contributed by atoms with E-state index in [0.717, 1.165) is 15.9 Å². The minimum absolute atomic E-state index is 0.584. The van der Waals surface area contributed by atoms with Crippen LogP contribution in [0.25, 0.3) is 43.8 Å². The van der Waals surface area contributed by atoms with E-state index in [0.29, 0.717) is 11.8 Å². The molecule has 0 nitrogen and oxygen atoms in total. The molecule has 0 saturated carbocycles. The molecule has 0 aromatic heterocycles. The molecule has 0 aliphatic carbocycles. The fourth-order valence-electron chi connectivity index (χ4n) is 6.34. The second-order valence-electron chi connectivity index (χ2n) is 14.5. The van der Waals surface area contributed by atoms with Gasteiger partial charge in [-0.2, -0.15) is 12.1 Å². The van der Waals surface area contributed by atoms with Gasteiger partial charge in [0.2, 0.25) is 0 Å². The molecular formula is C45H56Cl2Si2Zr. The van der Waals surface area contributed by atoms with Crippen molar-refractivity contribution in [1.82, 2.24) is 0 Å². The van der Waals surface area contributed by atoms with Gasteiger partial charge in [-0.15, -0.1) is 69.1 Å². The van der Waals surface area contributed by atoms with Gasteiger partial charge in [0.25, 0.3) is 0 Å². The topological polar surface area (TPSA) is 0 Å². The van der Waals surface area contributed by atoms with Crippen molar-refractivity contribution in [3.05, 3.63) is 126 Å². The van der Waals surface area contributed by atoms with E-state index in [-0.39, 0.29) is 0 Å². The third-order valence-corrected chi connectivity index (χ3v) is 11.3. The summed E-state index contributed by atoms with van der Waals surface area (Å²) in [6, 6.07) is 41.0. The maximum atomic E-state index is 4.93. The SMILES string of the molecule is CCCC(C)c1cc2c(-c3ccc(C(C)C)cc3)cccc2[cH-]1.CCc1cc2c(-c3ccc([Si](C)(C)C)cc3)cccc2[cH-]1.C[Si]C.[Cl][Zr+2][Cl].